The van der Waals surface area contributed by atoms with Crippen molar-refractivity contribution in [1.29, 1.82) is 0 Å². The number of amides is 1. The number of hydrogen-bond donors (Lipinski definition) is 1. The maximum absolute atomic E-state index is 12.0. The highest BCUT2D eigenvalue weighted by molar-refractivity contribution is 7.99. The molecule has 0 atom stereocenters. The number of carbonyl (C=O) groups excluding carboxylic acids is 1. The van der Waals surface area contributed by atoms with Crippen molar-refractivity contribution in [3.05, 3.63) is 78.4 Å². The van der Waals surface area contributed by atoms with E-state index in [2.05, 4.69) is 35.4 Å². The second kappa shape index (κ2) is 7.84. The number of nitrogens with zero attached hydrogens (tertiary/aromatic N) is 2. The molecule has 0 unspecified atom stereocenters. The third kappa shape index (κ3) is 4.49. The van der Waals surface area contributed by atoms with Crippen molar-refractivity contribution in [2.45, 2.75) is 12.7 Å². The summed E-state index contributed by atoms with van der Waals surface area (Å²) in [5.74, 6) is 1.30. The summed E-state index contributed by atoms with van der Waals surface area (Å²) in [5.41, 5.74) is 4.31. The molecule has 0 aliphatic carbocycles. The normalized spacial score (nSPS) is 10.5. The first kappa shape index (κ1) is 16.3. The molecule has 0 saturated carbocycles. The van der Waals surface area contributed by atoms with E-state index < -0.39 is 0 Å². The Morgan fingerprint density at radius 3 is 2.75 bits per heavy atom. The van der Waals surface area contributed by atoms with Crippen molar-refractivity contribution in [3.63, 3.8) is 0 Å². The smallest absolute Gasteiger partial charge is 0.234 e. The second-order valence-corrected chi connectivity index (χ2v) is 6.53. The molecule has 24 heavy (non-hydrogen) atoms. The first-order valence-electron chi connectivity index (χ1n) is 7.72. The van der Waals surface area contributed by atoms with E-state index in [9.17, 15) is 4.79 Å². The van der Waals surface area contributed by atoms with Crippen molar-refractivity contribution in [1.82, 2.24) is 9.55 Å². The average molecular weight is 337 g/mol. The van der Waals surface area contributed by atoms with Crippen LogP contribution in [0, 0.1) is 6.92 Å². The van der Waals surface area contributed by atoms with Gasteiger partial charge in [0.25, 0.3) is 0 Å². The van der Waals surface area contributed by atoms with Crippen LogP contribution in [-0.2, 0) is 10.5 Å². The van der Waals surface area contributed by atoms with Gasteiger partial charge in [-0.25, -0.2) is 4.98 Å². The maximum Gasteiger partial charge on any atom is 0.234 e. The first-order chi connectivity index (χ1) is 11.7. The number of benzene rings is 2. The molecule has 0 saturated heterocycles. The number of anilines is 1. The molecule has 0 fully saturated rings. The van der Waals surface area contributed by atoms with Crippen LogP contribution in [0.25, 0.3) is 5.69 Å². The summed E-state index contributed by atoms with van der Waals surface area (Å²) in [6, 6.07) is 16.1. The highest BCUT2D eigenvalue weighted by Crippen LogP contribution is 2.16. The maximum atomic E-state index is 12.0. The van der Waals surface area contributed by atoms with Crippen LogP contribution in [-0.4, -0.2) is 21.2 Å². The van der Waals surface area contributed by atoms with Crippen molar-refractivity contribution in [3.8, 4) is 5.69 Å². The molecule has 0 radical (unpaired) electrons. The van der Waals surface area contributed by atoms with Gasteiger partial charge in [0, 0.05) is 29.5 Å². The highest BCUT2D eigenvalue weighted by atomic mass is 32.2. The second-order valence-electron chi connectivity index (χ2n) is 5.55. The van der Waals surface area contributed by atoms with Crippen molar-refractivity contribution in [2.75, 3.05) is 11.1 Å². The Morgan fingerprint density at radius 2 is 2.04 bits per heavy atom. The third-order valence-electron chi connectivity index (χ3n) is 3.54. The number of thioether (sulfide) groups is 1. The average Bonchev–Trinajstić information content (AvgIpc) is 3.10. The SMILES string of the molecule is Cc1cccc(CSCC(=O)Nc2ccc(-n3ccnc3)cc2)c1. The summed E-state index contributed by atoms with van der Waals surface area (Å²) in [7, 11) is 0. The molecular formula is C19H19N3OS. The summed E-state index contributed by atoms with van der Waals surface area (Å²) < 4.78 is 1.92. The van der Waals surface area contributed by atoms with Gasteiger partial charge in [0.05, 0.1) is 12.1 Å². The fraction of sp³-hybridized carbons (Fsp3) is 0.158. The lowest BCUT2D eigenvalue weighted by Gasteiger charge is -2.07. The van der Waals surface area contributed by atoms with E-state index in [0.29, 0.717) is 5.75 Å². The molecule has 3 rings (SSSR count). The Morgan fingerprint density at radius 1 is 1.21 bits per heavy atom. The van der Waals surface area contributed by atoms with Gasteiger partial charge in [-0.3, -0.25) is 4.79 Å². The minimum atomic E-state index is 0.0167. The fourth-order valence-electron chi connectivity index (χ4n) is 2.39. The van der Waals surface area contributed by atoms with Crippen LogP contribution in [0.2, 0.25) is 0 Å². The van der Waals surface area contributed by atoms with Gasteiger partial charge >= 0.3 is 0 Å². The number of carbonyl (C=O) groups is 1. The van der Waals surface area contributed by atoms with Crippen molar-refractivity contribution >= 4 is 23.4 Å². The number of hydrogen-bond acceptors (Lipinski definition) is 3. The molecule has 2 aromatic carbocycles. The predicted molar refractivity (Wildman–Crippen MR) is 99.5 cm³/mol. The minimum absolute atomic E-state index is 0.0167. The molecule has 1 N–H and O–H groups in total. The van der Waals surface area contributed by atoms with Crippen LogP contribution < -0.4 is 5.32 Å². The molecule has 0 aliphatic heterocycles. The van der Waals surface area contributed by atoms with Crippen LogP contribution >= 0.6 is 11.8 Å². The van der Waals surface area contributed by atoms with Gasteiger partial charge in [-0.1, -0.05) is 29.8 Å². The summed E-state index contributed by atoms with van der Waals surface area (Å²) in [6.45, 7) is 2.08. The molecule has 0 bridgehead atoms. The number of imidazole rings is 1. The zero-order chi connectivity index (χ0) is 16.8. The summed E-state index contributed by atoms with van der Waals surface area (Å²) in [4.78, 5) is 16.1. The van der Waals surface area contributed by atoms with E-state index in [1.165, 1.54) is 11.1 Å². The molecule has 1 aromatic heterocycles. The van der Waals surface area contributed by atoms with Gasteiger partial charge in [0.2, 0.25) is 5.91 Å². The van der Waals surface area contributed by atoms with Crippen LogP contribution in [0.3, 0.4) is 0 Å². The van der Waals surface area contributed by atoms with Gasteiger partial charge in [0.1, 0.15) is 0 Å². The Hall–Kier alpha value is -2.53. The van der Waals surface area contributed by atoms with E-state index in [-0.39, 0.29) is 5.91 Å². The molecule has 0 aliphatic rings. The number of nitrogens with one attached hydrogen (secondary N) is 1. The minimum Gasteiger partial charge on any atom is -0.325 e. The van der Waals surface area contributed by atoms with Gasteiger partial charge in [-0.2, -0.15) is 0 Å². The zero-order valence-corrected chi connectivity index (χ0v) is 14.3. The van der Waals surface area contributed by atoms with E-state index in [1.54, 1.807) is 24.3 Å². The summed E-state index contributed by atoms with van der Waals surface area (Å²) in [5, 5.41) is 2.93. The Bertz CT molecular complexity index is 798. The van der Waals surface area contributed by atoms with Gasteiger partial charge in [0.15, 0.2) is 0 Å². The van der Waals surface area contributed by atoms with E-state index in [4.69, 9.17) is 0 Å². The lowest BCUT2D eigenvalue weighted by Crippen LogP contribution is -2.14. The fourth-order valence-corrected chi connectivity index (χ4v) is 3.16. The largest absolute Gasteiger partial charge is 0.325 e. The van der Waals surface area contributed by atoms with E-state index >= 15 is 0 Å². The topological polar surface area (TPSA) is 46.9 Å². The van der Waals surface area contributed by atoms with E-state index in [0.717, 1.165) is 17.1 Å². The van der Waals surface area contributed by atoms with E-state index in [1.807, 2.05) is 41.1 Å². The Kier molecular flexibility index (Phi) is 5.33. The van der Waals surface area contributed by atoms with Gasteiger partial charge in [-0.15, -0.1) is 11.8 Å². The molecular weight excluding hydrogens is 318 g/mol. The zero-order valence-electron chi connectivity index (χ0n) is 13.5. The number of aromatic nitrogens is 2. The van der Waals surface area contributed by atoms with Crippen LogP contribution in [0.5, 0.6) is 0 Å². The van der Waals surface area contributed by atoms with Gasteiger partial charge < -0.3 is 9.88 Å². The van der Waals surface area contributed by atoms with Crippen LogP contribution in [0.15, 0.2) is 67.3 Å². The predicted octanol–water partition coefficient (Wildman–Crippen LogP) is 4.05. The molecule has 3 aromatic rings. The van der Waals surface area contributed by atoms with Crippen LogP contribution in [0.4, 0.5) is 5.69 Å². The monoisotopic (exact) mass is 337 g/mol. The summed E-state index contributed by atoms with van der Waals surface area (Å²) in [6.07, 6.45) is 5.37. The highest BCUT2D eigenvalue weighted by Gasteiger charge is 2.04. The lowest BCUT2D eigenvalue weighted by atomic mass is 10.2. The Balaban J connectivity index is 1.48. The summed E-state index contributed by atoms with van der Waals surface area (Å²) >= 11 is 1.62. The molecule has 122 valence electrons. The van der Waals surface area contributed by atoms with Crippen molar-refractivity contribution < 1.29 is 4.79 Å². The van der Waals surface area contributed by atoms with Gasteiger partial charge in [-0.05, 0) is 36.8 Å². The first-order valence-corrected chi connectivity index (χ1v) is 8.88. The molecule has 0 spiro atoms. The molecule has 4 nitrogen and oxygen atoms in total. The standard InChI is InChI=1S/C19H19N3OS/c1-15-3-2-4-16(11-15)12-24-13-19(23)21-17-5-7-18(8-6-17)22-10-9-20-14-22/h2-11,14H,12-13H2,1H3,(H,21,23). The van der Waals surface area contributed by atoms with Crippen molar-refractivity contribution in [2.24, 2.45) is 0 Å². The number of aryl methyl sites for hydroxylation is 1. The lowest BCUT2D eigenvalue weighted by molar-refractivity contribution is -0.113. The third-order valence-corrected chi connectivity index (χ3v) is 4.54. The quantitative estimate of drug-likeness (QED) is 0.738. The Labute approximate surface area is 145 Å². The number of rotatable bonds is 6. The molecule has 5 heteroatoms. The van der Waals surface area contributed by atoms with Crippen LogP contribution in [0.1, 0.15) is 11.1 Å². The molecule has 1 amide bonds. The molecule has 1 heterocycles.